The standard InChI is InChI=1S/C14H15NO2/c16-15(17)14-12-8-6-11(7-9-12)13(14)10-4-2-1-3-5-10/h1-6,8,11-14H,7,9H2/t11-,12+,13+,14+/m0/s1. The Morgan fingerprint density at radius 2 is 1.71 bits per heavy atom. The Hall–Kier alpha value is -1.64. The average molecular weight is 229 g/mol. The normalized spacial score (nSPS) is 34.8. The lowest BCUT2D eigenvalue weighted by Gasteiger charge is -2.40. The van der Waals surface area contributed by atoms with Gasteiger partial charge in [0.25, 0.3) is 0 Å². The molecular weight excluding hydrogens is 214 g/mol. The molecule has 3 nitrogen and oxygen atoms in total. The summed E-state index contributed by atoms with van der Waals surface area (Å²) < 4.78 is 0. The molecule has 1 saturated carbocycles. The molecule has 0 aromatic heterocycles. The van der Waals surface area contributed by atoms with Gasteiger partial charge < -0.3 is 0 Å². The molecular formula is C14H15NO2. The minimum absolute atomic E-state index is 0.0648. The summed E-state index contributed by atoms with van der Waals surface area (Å²) in [6.07, 6.45) is 6.30. The van der Waals surface area contributed by atoms with E-state index < -0.39 is 6.04 Å². The third-order valence-corrected chi connectivity index (χ3v) is 4.13. The van der Waals surface area contributed by atoms with Crippen molar-refractivity contribution in [3.63, 3.8) is 0 Å². The molecule has 2 bridgehead atoms. The van der Waals surface area contributed by atoms with E-state index in [1.165, 1.54) is 0 Å². The van der Waals surface area contributed by atoms with Gasteiger partial charge in [-0.25, -0.2) is 0 Å². The van der Waals surface area contributed by atoms with Crippen molar-refractivity contribution in [1.29, 1.82) is 0 Å². The Bertz CT molecular complexity index is 455. The van der Waals surface area contributed by atoms with Gasteiger partial charge in [0.2, 0.25) is 6.04 Å². The Morgan fingerprint density at radius 1 is 1.06 bits per heavy atom. The van der Waals surface area contributed by atoms with E-state index >= 15 is 0 Å². The lowest BCUT2D eigenvalue weighted by molar-refractivity contribution is -0.539. The predicted molar refractivity (Wildman–Crippen MR) is 65.3 cm³/mol. The van der Waals surface area contributed by atoms with Crippen molar-refractivity contribution in [2.75, 3.05) is 0 Å². The molecule has 1 aromatic rings. The van der Waals surface area contributed by atoms with E-state index in [2.05, 4.69) is 12.2 Å². The van der Waals surface area contributed by atoms with Crippen LogP contribution in [0.25, 0.3) is 0 Å². The topological polar surface area (TPSA) is 43.1 Å². The molecule has 3 aliphatic carbocycles. The summed E-state index contributed by atoms with van der Waals surface area (Å²) in [4.78, 5) is 11.2. The van der Waals surface area contributed by atoms with E-state index in [4.69, 9.17) is 0 Å². The summed E-state index contributed by atoms with van der Waals surface area (Å²) in [6.45, 7) is 0. The van der Waals surface area contributed by atoms with E-state index in [0.717, 1.165) is 18.4 Å². The number of fused-ring (bicyclic) bond motifs is 2. The highest BCUT2D eigenvalue weighted by Gasteiger charge is 2.48. The molecule has 0 saturated heterocycles. The molecule has 88 valence electrons. The number of hydrogen-bond acceptors (Lipinski definition) is 2. The van der Waals surface area contributed by atoms with Crippen LogP contribution in [0.2, 0.25) is 0 Å². The summed E-state index contributed by atoms with van der Waals surface area (Å²) in [7, 11) is 0. The van der Waals surface area contributed by atoms with Crippen LogP contribution in [0, 0.1) is 22.0 Å². The van der Waals surface area contributed by atoms with Crippen molar-refractivity contribution in [3.05, 3.63) is 58.2 Å². The van der Waals surface area contributed by atoms with E-state index in [0.29, 0.717) is 5.92 Å². The summed E-state index contributed by atoms with van der Waals surface area (Å²) >= 11 is 0. The number of benzene rings is 1. The van der Waals surface area contributed by atoms with Gasteiger partial charge >= 0.3 is 0 Å². The zero-order valence-corrected chi connectivity index (χ0v) is 9.53. The monoisotopic (exact) mass is 229 g/mol. The molecule has 0 aliphatic heterocycles. The maximum atomic E-state index is 11.3. The Kier molecular flexibility index (Phi) is 2.46. The molecule has 0 unspecified atom stereocenters. The van der Waals surface area contributed by atoms with Crippen molar-refractivity contribution in [3.8, 4) is 0 Å². The molecule has 0 heterocycles. The SMILES string of the molecule is O=[N+]([O-])[C@H]1[C@H](c2ccccc2)[C@H]2C=C[C@@H]1CC2. The van der Waals surface area contributed by atoms with Gasteiger partial charge in [-0.05, 0) is 24.3 Å². The van der Waals surface area contributed by atoms with Gasteiger partial charge in [-0.15, -0.1) is 0 Å². The molecule has 17 heavy (non-hydrogen) atoms. The van der Waals surface area contributed by atoms with Gasteiger partial charge in [-0.1, -0.05) is 42.5 Å². The first kappa shape index (κ1) is 10.5. The van der Waals surface area contributed by atoms with Crippen LogP contribution in [-0.4, -0.2) is 11.0 Å². The van der Waals surface area contributed by atoms with Crippen molar-refractivity contribution < 1.29 is 4.92 Å². The molecule has 3 aliphatic rings. The largest absolute Gasteiger partial charge is 0.264 e. The maximum absolute atomic E-state index is 11.3. The molecule has 3 heteroatoms. The third-order valence-electron chi connectivity index (χ3n) is 4.13. The Morgan fingerprint density at radius 3 is 2.29 bits per heavy atom. The molecule has 0 radical (unpaired) electrons. The maximum Gasteiger partial charge on any atom is 0.226 e. The fourth-order valence-electron chi connectivity index (χ4n) is 3.37. The first-order valence-electron chi connectivity index (χ1n) is 6.14. The van der Waals surface area contributed by atoms with Crippen LogP contribution in [0.15, 0.2) is 42.5 Å². The van der Waals surface area contributed by atoms with Gasteiger partial charge in [-0.3, -0.25) is 10.1 Å². The quantitative estimate of drug-likeness (QED) is 0.444. The summed E-state index contributed by atoms with van der Waals surface area (Å²) in [5, 5.41) is 11.3. The Labute approximate surface area is 100 Å². The van der Waals surface area contributed by atoms with Crippen molar-refractivity contribution >= 4 is 0 Å². The highest BCUT2D eigenvalue weighted by molar-refractivity contribution is 5.27. The van der Waals surface area contributed by atoms with Gasteiger partial charge in [0.1, 0.15) is 0 Å². The highest BCUT2D eigenvalue weighted by atomic mass is 16.6. The van der Waals surface area contributed by atoms with E-state index in [-0.39, 0.29) is 16.8 Å². The van der Waals surface area contributed by atoms with Crippen LogP contribution in [0.3, 0.4) is 0 Å². The number of nitro groups is 1. The lowest BCUT2D eigenvalue weighted by Crippen LogP contribution is -2.44. The van der Waals surface area contributed by atoms with Crippen LogP contribution in [0.5, 0.6) is 0 Å². The van der Waals surface area contributed by atoms with Crippen molar-refractivity contribution in [1.82, 2.24) is 0 Å². The fraction of sp³-hybridized carbons (Fsp3) is 0.429. The first-order chi connectivity index (χ1) is 8.27. The molecule has 4 rings (SSSR count). The second kappa shape index (κ2) is 3.99. The van der Waals surface area contributed by atoms with Gasteiger partial charge in [0, 0.05) is 10.8 Å². The minimum atomic E-state index is -0.429. The zero-order valence-electron chi connectivity index (χ0n) is 9.53. The van der Waals surface area contributed by atoms with Crippen molar-refractivity contribution in [2.24, 2.45) is 11.8 Å². The first-order valence-corrected chi connectivity index (χ1v) is 6.14. The van der Waals surface area contributed by atoms with E-state index in [1.54, 1.807) is 0 Å². The van der Waals surface area contributed by atoms with Crippen LogP contribution >= 0.6 is 0 Å². The second-order valence-electron chi connectivity index (χ2n) is 5.00. The molecule has 0 spiro atoms. The van der Waals surface area contributed by atoms with Gasteiger partial charge in [0.05, 0.1) is 5.92 Å². The van der Waals surface area contributed by atoms with Crippen LogP contribution in [-0.2, 0) is 0 Å². The Balaban J connectivity index is 2.02. The van der Waals surface area contributed by atoms with Gasteiger partial charge in [0.15, 0.2) is 0 Å². The average Bonchev–Trinajstić information content (AvgIpc) is 2.40. The highest BCUT2D eigenvalue weighted by Crippen LogP contribution is 2.47. The smallest absolute Gasteiger partial charge is 0.226 e. The fourth-order valence-corrected chi connectivity index (χ4v) is 3.37. The minimum Gasteiger partial charge on any atom is -0.264 e. The van der Waals surface area contributed by atoms with Crippen LogP contribution in [0.1, 0.15) is 24.3 Å². The van der Waals surface area contributed by atoms with Gasteiger partial charge in [-0.2, -0.15) is 0 Å². The molecule has 0 amide bonds. The number of allylic oxidation sites excluding steroid dienone is 1. The zero-order chi connectivity index (χ0) is 11.8. The number of hydrogen-bond donors (Lipinski definition) is 0. The predicted octanol–water partition coefficient (Wildman–Crippen LogP) is 3.01. The summed E-state index contributed by atoms with van der Waals surface area (Å²) in [5.74, 6) is 0.535. The lowest BCUT2D eigenvalue weighted by atomic mass is 9.64. The second-order valence-corrected chi connectivity index (χ2v) is 5.00. The van der Waals surface area contributed by atoms with Crippen LogP contribution in [0.4, 0.5) is 0 Å². The number of nitrogens with zero attached hydrogens (tertiary/aromatic N) is 1. The van der Waals surface area contributed by atoms with E-state index in [1.807, 2.05) is 30.3 Å². The summed E-state index contributed by atoms with van der Waals surface area (Å²) in [5.41, 5.74) is 1.12. The molecule has 0 N–H and O–H groups in total. The molecule has 1 fully saturated rings. The summed E-state index contributed by atoms with van der Waals surface area (Å²) in [6, 6.07) is 9.52. The van der Waals surface area contributed by atoms with Crippen LogP contribution < -0.4 is 0 Å². The van der Waals surface area contributed by atoms with Crippen molar-refractivity contribution in [2.45, 2.75) is 24.8 Å². The molecule has 4 atom stereocenters. The van der Waals surface area contributed by atoms with E-state index in [9.17, 15) is 10.1 Å². The number of rotatable bonds is 2. The molecule has 1 aromatic carbocycles. The third kappa shape index (κ3) is 1.66.